The molecule has 0 bridgehead atoms. The van der Waals surface area contributed by atoms with Crippen LogP contribution in [0.5, 0.6) is 0 Å². The van der Waals surface area contributed by atoms with Crippen molar-refractivity contribution in [1.82, 2.24) is 25.1 Å². The van der Waals surface area contributed by atoms with Gasteiger partial charge in [-0.1, -0.05) is 12.1 Å². The smallest absolute Gasteiger partial charge is 0.260 e. The number of halogens is 1. The van der Waals surface area contributed by atoms with Crippen molar-refractivity contribution >= 4 is 27.8 Å². The standard InChI is InChI=1S/C22H23FN6O/c23-15-6-7-16-19(12-15)27-28-20(16)14-8-11-29(13-14)10-3-9-24-22-25-18-5-2-1-4-17(18)21(30)26-22/h1-2,4-7,12,14H,3,8-11,13H2,(H,27,28)(H2,24,25,26,30). The van der Waals surface area contributed by atoms with Gasteiger partial charge in [-0.05, 0) is 56.3 Å². The first-order chi connectivity index (χ1) is 14.7. The summed E-state index contributed by atoms with van der Waals surface area (Å²) in [7, 11) is 0. The lowest BCUT2D eigenvalue weighted by Crippen LogP contribution is -2.24. The molecule has 2 aromatic heterocycles. The summed E-state index contributed by atoms with van der Waals surface area (Å²) >= 11 is 0. The van der Waals surface area contributed by atoms with Gasteiger partial charge >= 0.3 is 0 Å². The van der Waals surface area contributed by atoms with Crippen LogP contribution in [-0.4, -0.2) is 51.2 Å². The molecule has 1 fully saturated rings. The SMILES string of the molecule is O=c1[nH]c(NCCCN2CCC(c3n[nH]c4cc(F)ccc34)C2)nc2ccccc12. The van der Waals surface area contributed by atoms with Gasteiger partial charge in [0.2, 0.25) is 5.95 Å². The molecule has 8 heteroatoms. The van der Waals surface area contributed by atoms with Crippen LogP contribution in [0, 0.1) is 5.82 Å². The van der Waals surface area contributed by atoms with E-state index in [0.717, 1.165) is 55.6 Å². The monoisotopic (exact) mass is 406 g/mol. The van der Waals surface area contributed by atoms with Gasteiger partial charge in [0.15, 0.2) is 0 Å². The molecule has 1 atom stereocenters. The molecule has 5 rings (SSSR count). The van der Waals surface area contributed by atoms with Gasteiger partial charge < -0.3 is 10.2 Å². The lowest BCUT2D eigenvalue weighted by molar-refractivity contribution is 0.332. The van der Waals surface area contributed by atoms with Crippen LogP contribution in [0.4, 0.5) is 10.3 Å². The molecule has 0 radical (unpaired) electrons. The molecule has 7 nitrogen and oxygen atoms in total. The van der Waals surface area contributed by atoms with E-state index < -0.39 is 0 Å². The van der Waals surface area contributed by atoms with Gasteiger partial charge in [0, 0.05) is 24.4 Å². The number of rotatable bonds is 6. The van der Waals surface area contributed by atoms with Crippen LogP contribution >= 0.6 is 0 Å². The molecular formula is C22H23FN6O. The minimum atomic E-state index is -0.250. The lowest BCUT2D eigenvalue weighted by Gasteiger charge is -2.15. The molecule has 0 amide bonds. The Kier molecular flexibility index (Phi) is 4.92. The highest BCUT2D eigenvalue weighted by Crippen LogP contribution is 2.31. The largest absolute Gasteiger partial charge is 0.356 e. The Morgan fingerprint density at radius 2 is 2.10 bits per heavy atom. The predicted octanol–water partition coefficient (Wildman–Crippen LogP) is 3.23. The maximum absolute atomic E-state index is 13.4. The fraction of sp³-hybridized carbons (Fsp3) is 0.318. The molecular weight excluding hydrogens is 383 g/mol. The van der Waals surface area contributed by atoms with Crippen molar-refractivity contribution < 1.29 is 4.39 Å². The number of fused-ring (bicyclic) bond motifs is 2. The van der Waals surface area contributed by atoms with Crippen molar-refractivity contribution in [3.05, 3.63) is 64.3 Å². The molecule has 1 saturated heterocycles. The zero-order chi connectivity index (χ0) is 20.5. The minimum absolute atomic E-state index is 0.128. The topological polar surface area (TPSA) is 89.7 Å². The van der Waals surface area contributed by atoms with E-state index in [2.05, 4.69) is 30.4 Å². The highest BCUT2D eigenvalue weighted by molar-refractivity contribution is 5.82. The van der Waals surface area contributed by atoms with Crippen LogP contribution < -0.4 is 10.9 Å². The molecule has 1 aliphatic rings. The number of aromatic amines is 2. The number of anilines is 1. The number of hydrogen-bond acceptors (Lipinski definition) is 5. The first-order valence-corrected chi connectivity index (χ1v) is 10.3. The van der Waals surface area contributed by atoms with Crippen molar-refractivity contribution in [2.75, 3.05) is 31.5 Å². The van der Waals surface area contributed by atoms with Gasteiger partial charge in [0.1, 0.15) is 5.82 Å². The van der Waals surface area contributed by atoms with Gasteiger partial charge in [0.05, 0.1) is 22.1 Å². The number of hydrogen-bond donors (Lipinski definition) is 3. The van der Waals surface area contributed by atoms with Crippen molar-refractivity contribution in [2.45, 2.75) is 18.8 Å². The highest BCUT2D eigenvalue weighted by atomic mass is 19.1. The number of H-pyrrole nitrogens is 2. The third kappa shape index (κ3) is 3.66. The van der Waals surface area contributed by atoms with Crippen LogP contribution in [0.25, 0.3) is 21.8 Å². The average molecular weight is 406 g/mol. The summed E-state index contributed by atoms with van der Waals surface area (Å²) in [6.07, 6.45) is 1.99. The van der Waals surface area contributed by atoms with Crippen LogP contribution in [0.3, 0.4) is 0 Å². The highest BCUT2D eigenvalue weighted by Gasteiger charge is 2.26. The summed E-state index contributed by atoms with van der Waals surface area (Å²) in [5, 5.41) is 12.2. The van der Waals surface area contributed by atoms with Gasteiger partial charge in [0.25, 0.3) is 5.56 Å². The number of nitrogens with one attached hydrogen (secondary N) is 3. The van der Waals surface area contributed by atoms with Gasteiger partial charge in [-0.3, -0.25) is 14.9 Å². The Hall–Kier alpha value is -3.26. The second kappa shape index (κ2) is 7.87. The van der Waals surface area contributed by atoms with Crippen molar-refractivity contribution in [3.8, 4) is 0 Å². The maximum Gasteiger partial charge on any atom is 0.260 e. The van der Waals surface area contributed by atoms with E-state index in [-0.39, 0.29) is 11.4 Å². The van der Waals surface area contributed by atoms with Crippen LogP contribution in [0.1, 0.15) is 24.5 Å². The normalized spacial score (nSPS) is 17.2. The van der Waals surface area contributed by atoms with E-state index in [9.17, 15) is 9.18 Å². The van der Waals surface area contributed by atoms with Gasteiger partial charge in [-0.25, -0.2) is 9.37 Å². The number of likely N-dealkylation sites (tertiary alicyclic amines) is 1. The predicted molar refractivity (Wildman–Crippen MR) is 115 cm³/mol. The van der Waals surface area contributed by atoms with Crippen molar-refractivity contribution in [1.29, 1.82) is 0 Å². The fourth-order valence-electron chi connectivity index (χ4n) is 4.26. The fourth-order valence-corrected chi connectivity index (χ4v) is 4.26. The molecule has 1 aliphatic heterocycles. The summed E-state index contributed by atoms with van der Waals surface area (Å²) in [5.41, 5.74) is 2.35. The van der Waals surface area contributed by atoms with Crippen LogP contribution in [0.15, 0.2) is 47.3 Å². The molecule has 0 aliphatic carbocycles. The average Bonchev–Trinajstić information content (AvgIpc) is 3.37. The van der Waals surface area contributed by atoms with E-state index in [1.54, 1.807) is 6.07 Å². The van der Waals surface area contributed by atoms with Gasteiger partial charge in [-0.15, -0.1) is 0 Å². The van der Waals surface area contributed by atoms with E-state index in [1.165, 1.54) is 12.1 Å². The summed E-state index contributed by atoms with van der Waals surface area (Å²) in [5.74, 6) is 0.615. The Labute approximate surface area is 172 Å². The molecule has 3 N–H and O–H groups in total. The lowest BCUT2D eigenvalue weighted by atomic mass is 10.0. The third-order valence-corrected chi connectivity index (χ3v) is 5.77. The number of para-hydroxylation sites is 1. The molecule has 3 heterocycles. The van der Waals surface area contributed by atoms with E-state index in [1.807, 2.05) is 24.3 Å². The van der Waals surface area contributed by atoms with E-state index >= 15 is 0 Å². The first-order valence-electron chi connectivity index (χ1n) is 10.3. The minimum Gasteiger partial charge on any atom is -0.356 e. The molecule has 30 heavy (non-hydrogen) atoms. The quantitative estimate of drug-likeness (QED) is 0.428. The molecule has 4 aromatic rings. The second-order valence-corrected chi connectivity index (χ2v) is 7.80. The second-order valence-electron chi connectivity index (χ2n) is 7.80. The summed E-state index contributed by atoms with van der Waals surface area (Å²) < 4.78 is 13.4. The first kappa shape index (κ1) is 18.7. The van der Waals surface area contributed by atoms with Crippen LogP contribution in [0.2, 0.25) is 0 Å². The summed E-state index contributed by atoms with van der Waals surface area (Å²) in [6, 6.07) is 12.1. The zero-order valence-electron chi connectivity index (χ0n) is 16.5. The zero-order valence-corrected chi connectivity index (χ0v) is 16.5. The Morgan fingerprint density at radius 1 is 1.20 bits per heavy atom. The number of aromatic nitrogens is 4. The van der Waals surface area contributed by atoms with Crippen molar-refractivity contribution in [2.24, 2.45) is 0 Å². The summed E-state index contributed by atoms with van der Waals surface area (Å²) in [6.45, 7) is 3.65. The Morgan fingerprint density at radius 3 is 3.03 bits per heavy atom. The maximum atomic E-state index is 13.4. The van der Waals surface area contributed by atoms with Crippen LogP contribution in [-0.2, 0) is 0 Å². The molecule has 0 saturated carbocycles. The molecule has 1 unspecified atom stereocenters. The van der Waals surface area contributed by atoms with E-state index in [0.29, 0.717) is 22.8 Å². The molecule has 154 valence electrons. The summed E-state index contributed by atoms with van der Waals surface area (Å²) in [4.78, 5) is 21.8. The Bertz CT molecular complexity index is 1250. The molecule has 2 aromatic carbocycles. The molecule has 0 spiro atoms. The van der Waals surface area contributed by atoms with E-state index in [4.69, 9.17) is 0 Å². The van der Waals surface area contributed by atoms with Crippen molar-refractivity contribution in [3.63, 3.8) is 0 Å². The number of benzene rings is 2. The van der Waals surface area contributed by atoms with Gasteiger partial charge in [-0.2, -0.15) is 5.10 Å². The third-order valence-electron chi connectivity index (χ3n) is 5.77. The number of nitrogens with zero attached hydrogens (tertiary/aromatic N) is 3. The Balaban J connectivity index is 1.15.